The summed E-state index contributed by atoms with van der Waals surface area (Å²) in [4.78, 5) is 18.2. The van der Waals surface area contributed by atoms with Crippen molar-refractivity contribution in [1.29, 1.82) is 0 Å². The zero-order valence-corrected chi connectivity index (χ0v) is 12.6. The predicted molar refractivity (Wildman–Crippen MR) is 79.1 cm³/mol. The van der Waals surface area contributed by atoms with Crippen LogP contribution in [0.4, 0.5) is 0 Å². The first kappa shape index (κ1) is 16.4. The van der Waals surface area contributed by atoms with E-state index in [1.807, 2.05) is 14.1 Å². The van der Waals surface area contributed by atoms with E-state index in [0.29, 0.717) is 6.42 Å². The SMILES string of the molecule is CN(C)C(=O)CCN1CCCN(CCCCN)CC1. The van der Waals surface area contributed by atoms with Crippen LogP contribution in [0.5, 0.6) is 0 Å². The average Bonchev–Trinajstić information content (AvgIpc) is 2.61. The summed E-state index contributed by atoms with van der Waals surface area (Å²) < 4.78 is 0. The summed E-state index contributed by atoms with van der Waals surface area (Å²) in [5.74, 6) is 0.226. The van der Waals surface area contributed by atoms with Crippen molar-refractivity contribution in [1.82, 2.24) is 14.7 Å². The molecule has 1 saturated heterocycles. The number of hydrogen-bond acceptors (Lipinski definition) is 4. The average molecular weight is 270 g/mol. The summed E-state index contributed by atoms with van der Waals surface area (Å²) in [6, 6.07) is 0. The maximum Gasteiger partial charge on any atom is 0.223 e. The molecule has 1 aliphatic heterocycles. The highest BCUT2D eigenvalue weighted by atomic mass is 16.2. The normalized spacial score (nSPS) is 18.3. The van der Waals surface area contributed by atoms with Gasteiger partial charge in [-0.25, -0.2) is 0 Å². The number of unbranched alkanes of at least 4 members (excludes halogenated alkanes) is 1. The minimum Gasteiger partial charge on any atom is -0.349 e. The summed E-state index contributed by atoms with van der Waals surface area (Å²) in [5, 5.41) is 0. The number of amides is 1. The highest BCUT2D eigenvalue weighted by Crippen LogP contribution is 2.05. The van der Waals surface area contributed by atoms with Gasteiger partial charge in [-0.15, -0.1) is 0 Å². The number of carbonyl (C=O) groups is 1. The molecule has 112 valence electrons. The fraction of sp³-hybridized carbons (Fsp3) is 0.929. The zero-order chi connectivity index (χ0) is 14.1. The van der Waals surface area contributed by atoms with E-state index < -0.39 is 0 Å². The van der Waals surface area contributed by atoms with E-state index in [1.54, 1.807) is 4.90 Å². The molecule has 5 heteroatoms. The Kier molecular flexibility index (Phi) is 8.02. The Balaban J connectivity index is 2.20. The van der Waals surface area contributed by atoms with E-state index in [2.05, 4.69) is 9.80 Å². The second-order valence-electron chi connectivity index (χ2n) is 5.57. The van der Waals surface area contributed by atoms with Gasteiger partial charge >= 0.3 is 0 Å². The maximum atomic E-state index is 11.6. The summed E-state index contributed by atoms with van der Waals surface area (Å²) in [5.41, 5.74) is 5.53. The minimum absolute atomic E-state index is 0.226. The minimum atomic E-state index is 0.226. The molecule has 0 unspecified atom stereocenters. The van der Waals surface area contributed by atoms with Crippen LogP contribution in [0.3, 0.4) is 0 Å². The first-order chi connectivity index (χ1) is 9.13. The van der Waals surface area contributed by atoms with Crippen LogP contribution in [0.1, 0.15) is 25.7 Å². The summed E-state index contributed by atoms with van der Waals surface area (Å²) in [6.45, 7) is 7.38. The summed E-state index contributed by atoms with van der Waals surface area (Å²) >= 11 is 0. The molecule has 5 nitrogen and oxygen atoms in total. The Morgan fingerprint density at radius 2 is 1.68 bits per heavy atom. The molecule has 0 spiro atoms. The van der Waals surface area contributed by atoms with Crippen molar-refractivity contribution in [2.75, 3.05) is 59.9 Å². The highest BCUT2D eigenvalue weighted by Gasteiger charge is 2.15. The molecular formula is C14H30N4O. The molecule has 2 N–H and O–H groups in total. The van der Waals surface area contributed by atoms with Crippen molar-refractivity contribution in [3.05, 3.63) is 0 Å². The predicted octanol–water partition coefficient (Wildman–Crippen LogP) is 0.211. The standard InChI is InChI=1S/C14H30N4O/c1-16(2)14(19)6-11-18-10-5-9-17(12-13-18)8-4-3-7-15/h3-13,15H2,1-2H3. The lowest BCUT2D eigenvalue weighted by Crippen LogP contribution is -2.34. The van der Waals surface area contributed by atoms with Crippen LogP contribution in [-0.4, -0.2) is 80.5 Å². The van der Waals surface area contributed by atoms with Gasteiger partial charge in [0, 0.05) is 40.2 Å². The largest absolute Gasteiger partial charge is 0.349 e. The van der Waals surface area contributed by atoms with Gasteiger partial charge in [0.2, 0.25) is 5.91 Å². The van der Waals surface area contributed by atoms with Crippen LogP contribution in [0.25, 0.3) is 0 Å². The fourth-order valence-corrected chi connectivity index (χ4v) is 2.43. The molecule has 1 heterocycles. The topological polar surface area (TPSA) is 52.8 Å². The molecule has 19 heavy (non-hydrogen) atoms. The molecule has 0 saturated carbocycles. The molecule has 1 aliphatic rings. The second kappa shape index (κ2) is 9.28. The van der Waals surface area contributed by atoms with Crippen molar-refractivity contribution in [2.24, 2.45) is 5.73 Å². The van der Waals surface area contributed by atoms with Gasteiger partial charge in [-0.1, -0.05) is 0 Å². The van der Waals surface area contributed by atoms with Gasteiger partial charge in [-0.3, -0.25) is 4.79 Å². The third-order valence-electron chi connectivity index (χ3n) is 3.75. The smallest absolute Gasteiger partial charge is 0.223 e. The molecule has 0 aromatic rings. The summed E-state index contributed by atoms with van der Waals surface area (Å²) in [7, 11) is 3.65. The highest BCUT2D eigenvalue weighted by molar-refractivity contribution is 5.75. The molecule has 1 rings (SSSR count). The van der Waals surface area contributed by atoms with E-state index in [1.165, 1.54) is 25.9 Å². The van der Waals surface area contributed by atoms with Crippen molar-refractivity contribution in [3.63, 3.8) is 0 Å². The van der Waals surface area contributed by atoms with Gasteiger partial charge in [0.15, 0.2) is 0 Å². The Bertz CT molecular complexity index is 258. The van der Waals surface area contributed by atoms with Crippen molar-refractivity contribution < 1.29 is 4.79 Å². The lowest BCUT2D eigenvalue weighted by Gasteiger charge is -2.22. The third-order valence-corrected chi connectivity index (χ3v) is 3.75. The van der Waals surface area contributed by atoms with E-state index in [4.69, 9.17) is 5.73 Å². The number of rotatable bonds is 7. The molecule has 1 amide bonds. The first-order valence-electron chi connectivity index (χ1n) is 7.48. The zero-order valence-electron chi connectivity index (χ0n) is 12.6. The van der Waals surface area contributed by atoms with Crippen LogP contribution >= 0.6 is 0 Å². The van der Waals surface area contributed by atoms with E-state index in [0.717, 1.165) is 39.1 Å². The number of nitrogens with zero attached hydrogens (tertiary/aromatic N) is 3. The first-order valence-corrected chi connectivity index (χ1v) is 7.48. The Labute approximate surface area is 117 Å². The third kappa shape index (κ3) is 6.89. The number of nitrogens with two attached hydrogens (primary N) is 1. The molecule has 0 aromatic carbocycles. The molecule has 0 radical (unpaired) electrons. The molecule has 1 fully saturated rings. The van der Waals surface area contributed by atoms with Crippen LogP contribution < -0.4 is 5.73 Å². The lowest BCUT2D eigenvalue weighted by molar-refractivity contribution is -0.129. The van der Waals surface area contributed by atoms with Crippen LogP contribution in [0.15, 0.2) is 0 Å². The van der Waals surface area contributed by atoms with Gasteiger partial charge in [-0.05, 0) is 45.4 Å². The van der Waals surface area contributed by atoms with Gasteiger partial charge in [-0.2, -0.15) is 0 Å². The molecule has 0 atom stereocenters. The van der Waals surface area contributed by atoms with Gasteiger partial charge in [0.1, 0.15) is 0 Å². The van der Waals surface area contributed by atoms with E-state index in [-0.39, 0.29) is 5.91 Å². The second-order valence-corrected chi connectivity index (χ2v) is 5.57. The fourth-order valence-electron chi connectivity index (χ4n) is 2.43. The molecule has 0 aromatic heterocycles. The van der Waals surface area contributed by atoms with Gasteiger partial charge < -0.3 is 20.4 Å². The van der Waals surface area contributed by atoms with Gasteiger partial charge in [0.25, 0.3) is 0 Å². The number of carbonyl (C=O) groups excluding carboxylic acids is 1. The molecule has 0 bridgehead atoms. The van der Waals surface area contributed by atoms with Crippen LogP contribution in [0.2, 0.25) is 0 Å². The monoisotopic (exact) mass is 270 g/mol. The Morgan fingerprint density at radius 1 is 1.05 bits per heavy atom. The van der Waals surface area contributed by atoms with Crippen molar-refractivity contribution >= 4 is 5.91 Å². The van der Waals surface area contributed by atoms with Crippen LogP contribution in [-0.2, 0) is 4.79 Å². The van der Waals surface area contributed by atoms with E-state index in [9.17, 15) is 4.79 Å². The van der Waals surface area contributed by atoms with Crippen molar-refractivity contribution in [3.8, 4) is 0 Å². The van der Waals surface area contributed by atoms with Gasteiger partial charge in [0.05, 0.1) is 0 Å². The van der Waals surface area contributed by atoms with Crippen LogP contribution in [0, 0.1) is 0 Å². The van der Waals surface area contributed by atoms with E-state index >= 15 is 0 Å². The quantitative estimate of drug-likeness (QED) is 0.672. The molecule has 0 aliphatic carbocycles. The summed E-state index contributed by atoms with van der Waals surface area (Å²) in [6.07, 6.45) is 4.17. The number of hydrogen-bond donors (Lipinski definition) is 1. The molecular weight excluding hydrogens is 240 g/mol. The maximum absolute atomic E-state index is 11.6. The lowest BCUT2D eigenvalue weighted by atomic mass is 10.3. The Hall–Kier alpha value is -0.650. The Morgan fingerprint density at radius 3 is 2.26 bits per heavy atom. The van der Waals surface area contributed by atoms with Crippen molar-refractivity contribution in [2.45, 2.75) is 25.7 Å².